The summed E-state index contributed by atoms with van der Waals surface area (Å²) in [7, 11) is 0. The molecule has 0 aliphatic heterocycles. The second-order valence-corrected chi connectivity index (χ2v) is 4.88. The molecular formula is C13H14ClNO3. The Balaban J connectivity index is 2.03. The molecule has 1 aliphatic rings. The summed E-state index contributed by atoms with van der Waals surface area (Å²) in [5.74, 6) is -0.204. The van der Waals surface area contributed by atoms with Crippen molar-refractivity contribution in [3.8, 4) is 5.75 Å². The molecule has 2 rings (SSSR count). The van der Waals surface area contributed by atoms with Gasteiger partial charge in [0.05, 0.1) is 5.56 Å². The highest BCUT2D eigenvalue weighted by molar-refractivity contribution is 6.31. The summed E-state index contributed by atoms with van der Waals surface area (Å²) in [6.45, 7) is 0. The molecule has 0 radical (unpaired) electrons. The van der Waals surface area contributed by atoms with Crippen molar-refractivity contribution in [3.63, 3.8) is 0 Å². The van der Waals surface area contributed by atoms with E-state index in [2.05, 4.69) is 5.32 Å². The van der Waals surface area contributed by atoms with Crippen LogP contribution >= 0.6 is 11.6 Å². The maximum Gasteiger partial charge on any atom is 0.255 e. The summed E-state index contributed by atoms with van der Waals surface area (Å²) >= 11 is 5.79. The quantitative estimate of drug-likeness (QED) is 0.864. The van der Waals surface area contributed by atoms with Gasteiger partial charge in [0, 0.05) is 23.9 Å². The summed E-state index contributed by atoms with van der Waals surface area (Å²) in [5, 5.41) is 12.8. The van der Waals surface area contributed by atoms with Crippen LogP contribution in [-0.2, 0) is 4.79 Å². The number of hydrogen-bond donors (Lipinski definition) is 2. The van der Waals surface area contributed by atoms with Gasteiger partial charge in [-0.3, -0.25) is 9.59 Å². The van der Waals surface area contributed by atoms with Gasteiger partial charge in [0.15, 0.2) is 0 Å². The Kier molecular flexibility index (Phi) is 3.87. The van der Waals surface area contributed by atoms with Crippen molar-refractivity contribution < 1.29 is 14.7 Å². The van der Waals surface area contributed by atoms with Crippen molar-refractivity contribution in [2.24, 2.45) is 0 Å². The topological polar surface area (TPSA) is 66.4 Å². The molecule has 1 aromatic rings. The Bertz CT molecular complexity index is 477. The van der Waals surface area contributed by atoms with Crippen LogP contribution in [0.2, 0.25) is 5.02 Å². The number of phenols is 1. The molecule has 4 nitrogen and oxygen atoms in total. The van der Waals surface area contributed by atoms with Crippen LogP contribution in [0.15, 0.2) is 18.2 Å². The molecule has 1 amide bonds. The summed E-state index contributed by atoms with van der Waals surface area (Å²) in [6, 6.07) is 4.34. The van der Waals surface area contributed by atoms with E-state index in [-0.39, 0.29) is 29.0 Å². The maximum absolute atomic E-state index is 12.0. The fourth-order valence-corrected chi connectivity index (χ4v) is 2.21. The highest BCUT2D eigenvalue weighted by Crippen LogP contribution is 2.22. The Morgan fingerprint density at radius 3 is 2.67 bits per heavy atom. The van der Waals surface area contributed by atoms with Crippen molar-refractivity contribution in [1.82, 2.24) is 5.32 Å². The second-order valence-electron chi connectivity index (χ2n) is 4.45. The Hall–Kier alpha value is -1.55. The number of ketones is 1. The van der Waals surface area contributed by atoms with Crippen LogP contribution in [0.5, 0.6) is 5.75 Å². The third-order valence-electron chi connectivity index (χ3n) is 3.08. The van der Waals surface area contributed by atoms with E-state index in [0.717, 1.165) is 0 Å². The van der Waals surface area contributed by atoms with E-state index in [1.807, 2.05) is 0 Å². The number of rotatable bonds is 2. The number of aromatic hydroxyl groups is 1. The Morgan fingerprint density at radius 1 is 1.33 bits per heavy atom. The standard InChI is InChI=1S/C13H14ClNO3/c14-8-1-6-12(17)11(7-8)13(18)15-9-2-4-10(16)5-3-9/h1,6-7,9,17H,2-5H2,(H,15,18). The molecule has 0 atom stereocenters. The van der Waals surface area contributed by atoms with E-state index in [1.165, 1.54) is 18.2 Å². The minimum atomic E-state index is -0.352. The van der Waals surface area contributed by atoms with Gasteiger partial charge in [-0.05, 0) is 31.0 Å². The molecule has 0 heterocycles. The predicted molar refractivity (Wildman–Crippen MR) is 67.8 cm³/mol. The monoisotopic (exact) mass is 267 g/mol. The summed E-state index contributed by atoms with van der Waals surface area (Å²) < 4.78 is 0. The maximum atomic E-state index is 12.0. The first kappa shape index (κ1) is 12.9. The number of halogens is 1. The van der Waals surface area contributed by atoms with Gasteiger partial charge < -0.3 is 10.4 Å². The molecule has 0 bridgehead atoms. The van der Waals surface area contributed by atoms with Gasteiger partial charge in [-0.1, -0.05) is 11.6 Å². The summed E-state index contributed by atoms with van der Waals surface area (Å²) in [5.41, 5.74) is 0.166. The van der Waals surface area contributed by atoms with Gasteiger partial charge in [-0.2, -0.15) is 0 Å². The van der Waals surface area contributed by atoms with Crippen molar-refractivity contribution in [1.29, 1.82) is 0 Å². The predicted octanol–water partition coefficient (Wildman–Crippen LogP) is 2.29. The molecule has 1 aromatic carbocycles. The first-order chi connectivity index (χ1) is 8.56. The van der Waals surface area contributed by atoms with Gasteiger partial charge in [0.2, 0.25) is 0 Å². The first-order valence-electron chi connectivity index (χ1n) is 5.87. The second kappa shape index (κ2) is 5.40. The summed E-state index contributed by atoms with van der Waals surface area (Å²) in [6.07, 6.45) is 2.33. The number of phenolic OH excluding ortho intramolecular Hbond substituents is 1. The van der Waals surface area contributed by atoms with Crippen LogP contribution in [0.25, 0.3) is 0 Å². The largest absolute Gasteiger partial charge is 0.507 e. The number of benzene rings is 1. The van der Waals surface area contributed by atoms with Crippen LogP contribution in [0.4, 0.5) is 0 Å². The number of Topliss-reactive ketones (excluding diaryl/α,β-unsaturated/α-hetero) is 1. The van der Waals surface area contributed by atoms with E-state index in [4.69, 9.17) is 11.6 Å². The zero-order chi connectivity index (χ0) is 13.1. The average molecular weight is 268 g/mol. The first-order valence-corrected chi connectivity index (χ1v) is 6.25. The number of amides is 1. The zero-order valence-corrected chi connectivity index (χ0v) is 10.5. The minimum Gasteiger partial charge on any atom is -0.507 e. The molecule has 0 aromatic heterocycles. The van der Waals surface area contributed by atoms with Crippen molar-refractivity contribution in [2.45, 2.75) is 31.7 Å². The zero-order valence-electron chi connectivity index (χ0n) is 9.78. The van der Waals surface area contributed by atoms with Crippen LogP contribution in [0, 0.1) is 0 Å². The fourth-order valence-electron chi connectivity index (χ4n) is 2.04. The Morgan fingerprint density at radius 2 is 2.00 bits per heavy atom. The lowest BCUT2D eigenvalue weighted by atomic mass is 9.94. The van der Waals surface area contributed by atoms with Crippen LogP contribution < -0.4 is 5.32 Å². The van der Waals surface area contributed by atoms with E-state index in [0.29, 0.717) is 30.7 Å². The normalized spacial score (nSPS) is 16.6. The molecule has 0 saturated heterocycles. The molecule has 96 valence electrons. The minimum absolute atomic E-state index is 0.00594. The molecular weight excluding hydrogens is 254 g/mol. The Labute approximate surface area is 110 Å². The molecule has 18 heavy (non-hydrogen) atoms. The highest BCUT2D eigenvalue weighted by Gasteiger charge is 2.21. The molecule has 5 heteroatoms. The lowest BCUT2D eigenvalue weighted by Gasteiger charge is -2.22. The molecule has 0 spiro atoms. The van der Waals surface area contributed by atoms with Gasteiger partial charge in [0.25, 0.3) is 5.91 Å². The molecule has 1 saturated carbocycles. The van der Waals surface area contributed by atoms with E-state index < -0.39 is 0 Å². The molecule has 1 aliphatic carbocycles. The molecule has 2 N–H and O–H groups in total. The number of carbonyl (C=O) groups is 2. The van der Waals surface area contributed by atoms with Gasteiger partial charge in [-0.25, -0.2) is 0 Å². The molecule has 1 fully saturated rings. The highest BCUT2D eigenvalue weighted by atomic mass is 35.5. The van der Waals surface area contributed by atoms with Gasteiger partial charge in [-0.15, -0.1) is 0 Å². The third kappa shape index (κ3) is 3.01. The van der Waals surface area contributed by atoms with Gasteiger partial charge >= 0.3 is 0 Å². The van der Waals surface area contributed by atoms with E-state index in [1.54, 1.807) is 0 Å². The van der Waals surface area contributed by atoms with Crippen molar-refractivity contribution in [2.75, 3.05) is 0 Å². The van der Waals surface area contributed by atoms with Crippen molar-refractivity contribution in [3.05, 3.63) is 28.8 Å². The third-order valence-corrected chi connectivity index (χ3v) is 3.32. The lowest BCUT2D eigenvalue weighted by molar-refractivity contribution is -0.120. The number of hydrogen-bond acceptors (Lipinski definition) is 3. The van der Waals surface area contributed by atoms with Crippen LogP contribution in [0.3, 0.4) is 0 Å². The smallest absolute Gasteiger partial charge is 0.255 e. The lowest BCUT2D eigenvalue weighted by Crippen LogP contribution is -2.37. The fraction of sp³-hybridized carbons (Fsp3) is 0.385. The van der Waals surface area contributed by atoms with Crippen LogP contribution in [-0.4, -0.2) is 22.8 Å². The molecule has 0 unspecified atom stereocenters. The van der Waals surface area contributed by atoms with Crippen molar-refractivity contribution >= 4 is 23.3 Å². The number of carbonyl (C=O) groups excluding carboxylic acids is 2. The number of nitrogens with one attached hydrogen (secondary N) is 1. The van der Waals surface area contributed by atoms with E-state index in [9.17, 15) is 14.7 Å². The van der Waals surface area contributed by atoms with Crippen LogP contribution in [0.1, 0.15) is 36.0 Å². The van der Waals surface area contributed by atoms with Gasteiger partial charge in [0.1, 0.15) is 11.5 Å². The van der Waals surface area contributed by atoms with E-state index >= 15 is 0 Å². The SMILES string of the molecule is O=C1CCC(NC(=O)c2cc(Cl)ccc2O)CC1. The summed E-state index contributed by atoms with van der Waals surface area (Å²) in [4.78, 5) is 23.0. The average Bonchev–Trinajstić information content (AvgIpc) is 2.35.